The molecule has 0 spiro atoms. The fourth-order valence-electron chi connectivity index (χ4n) is 1.84. The molecule has 1 saturated heterocycles. The van der Waals surface area contributed by atoms with Crippen molar-refractivity contribution in [1.82, 2.24) is 10.6 Å². The van der Waals surface area contributed by atoms with E-state index < -0.39 is 17.8 Å². The smallest absolute Gasteiger partial charge is 0.340 e. The Kier molecular flexibility index (Phi) is 3.96. The van der Waals surface area contributed by atoms with Gasteiger partial charge in [0.1, 0.15) is 6.04 Å². The summed E-state index contributed by atoms with van der Waals surface area (Å²) < 4.78 is 37.4. The minimum absolute atomic E-state index is 0.320. The van der Waals surface area contributed by atoms with Gasteiger partial charge >= 0.3 is 6.18 Å². The van der Waals surface area contributed by atoms with Crippen LogP contribution in [-0.4, -0.2) is 18.4 Å². The molecule has 0 radical (unpaired) electrons. The van der Waals surface area contributed by atoms with Gasteiger partial charge < -0.3 is 5.32 Å². The summed E-state index contributed by atoms with van der Waals surface area (Å²) >= 11 is 0. The molecule has 1 fully saturated rings. The Bertz CT molecular complexity index is 523. The van der Waals surface area contributed by atoms with Crippen LogP contribution in [-0.2, 0) is 11.0 Å². The molecule has 0 aromatic heterocycles. The molecule has 1 aromatic carbocycles. The third-order valence-corrected chi connectivity index (χ3v) is 2.85. The van der Waals surface area contributed by atoms with Gasteiger partial charge in [-0.05, 0) is 24.1 Å². The Morgan fingerprint density at radius 3 is 2.45 bits per heavy atom. The maximum absolute atomic E-state index is 12.5. The molecule has 2 rings (SSSR count). The Hall–Kier alpha value is -2.05. The summed E-state index contributed by atoms with van der Waals surface area (Å²) in [6.07, 6.45) is -3.54. The van der Waals surface area contributed by atoms with Crippen molar-refractivity contribution < 1.29 is 18.0 Å². The van der Waals surface area contributed by atoms with E-state index in [4.69, 9.17) is 0 Å². The number of alkyl halides is 3. The third kappa shape index (κ3) is 3.09. The second-order valence-corrected chi connectivity index (χ2v) is 4.42. The van der Waals surface area contributed by atoms with E-state index >= 15 is 0 Å². The number of nitrogens with one attached hydrogen (secondary N) is 2. The molecule has 1 unspecified atom stereocenters. The van der Waals surface area contributed by atoms with Crippen LogP contribution >= 0.6 is 0 Å². The molecule has 108 valence electrons. The minimum atomic E-state index is -4.38. The number of carbonyl (C=O) groups is 1. The largest absolute Gasteiger partial charge is 0.416 e. The number of halogens is 3. The van der Waals surface area contributed by atoms with Crippen molar-refractivity contribution in [3.8, 4) is 0 Å². The van der Waals surface area contributed by atoms with Gasteiger partial charge in [0, 0.05) is 6.54 Å². The van der Waals surface area contributed by atoms with Crippen LogP contribution < -0.4 is 10.6 Å². The van der Waals surface area contributed by atoms with Gasteiger partial charge in [-0.15, -0.1) is 0 Å². The monoisotopic (exact) mass is 285 g/mol. The molecule has 4 nitrogen and oxygen atoms in total. The summed E-state index contributed by atoms with van der Waals surface area (Å²) in [5.74, 6) is 0.0429. The third-order valence-electron chi connectivity index (χ3n) is 2.85. The van der Waals surface area contributed by atoms with E-state index in [-0.39, 0.29) is 5.91 Å². The molecule has 0 saturated carbocycles. The number of amides is 1. The summed E-state index contributed by atoms with van der Waals surface area (Å²) in [7, 11) is 0. The molecule has 7 heteroatoms. The highest BCUT2D eigenvalue weighted by Crippen LogP contribution is 2.30. The van der Waals surface area contributed by atoms with Crippen molar-refractivity contribution in [3.63, 3.8) is 0 Å². The van der Waals surface area contributed by atoms with Gasteiger partial charge in [-0.1, -0.05) is 19.1 Å². The number of rotatable bonds is 3. The molecule has 1 amide bonds. The number of carbonyl (C=O) groups excluding carboxylic acids is 1. The highest BCUT2D eigenvalue weighted by atomic mass is 19.4. The summed E-state index contributed by atoms with van der Waals surface area (Å²) in [5.41, 5.74) is -0.267. The number of guanidine groups is 1. The first-order chi connectivity index (χ1) is 9.41. The van der Waals surface area contributed by atoms with Crippen LogP contribution in [0.4, 0.5) is 13.2 Å². The fraction of sp³-hybridized carbons (Fsp3) is 0.385. The lowest BCUT2D eigenvalue weighted by Crippen LogP contribution is -2.25. The molecule has 0 aliphatic carbocycles. The molecule has 1 aliphatic rings. The van der Waals surface area contributed by atoms with Crippen LogP contribution in [0, 0.1) is 0 Å². The van der Waals surface area contributed by atoms with E-state index in [0.717, 1.165) is 18.6 Å². The van der Waals surface area contributed by atoms with Crippen molar-refractivity contribution >= 4 is 11.9 Å². The Balaban J connectivity index is 2.14. The number of aliphatic imine (C=N–C) groups is 1. The van der Waals surface area contributed by atoms with Gasteiger partial charge in [0.15, 0.2) is 5.96 Å². The first-order valence-corrected chi connectivity index (χ1v) is 6.21. The quantitative estimate of drug-likeness (QED) is 0.895. The van der Waals surface area contributed by atoms with Crippen molar-refractivity contribution in [3.05, 3.63) is 35.4 Å². The van der Waals surface area contributed by atoms with Gasteiger partial charge in [0.2, 0.25) is 0 Å². The lowest BCUT2D eigenvalue weighted by atomic mass is 10.0. The van der Waals surface area contributed by atoms with Crippen LogP contribution in [0.5, 0.6) is 0 Å². The zero-order chi connectivity index (χ0) is 14.8. The maximum atomic E-state index is 12.5. The molecule has 1 heterocycles. The standard InChI is InChI=1S/C13H14F3N3O/c1-2-7-17-12-18-10(11(20)19-12)8-3-5-9(6-4-8)13(14,15)16/h3-6,10H,2,7H2,1H3,(H2,17,18,19,20). The van der Waals surface area contributed by atoms with E-state index in [2.05, 4.69) is 15.6 Å². The van der Waals surface area contributed by atoms with Crippen LogP contribution in [0.15, 0.2) is 29.3 Å². The topological polar surface area (TPSA) is 53.5 Å². The van der Waals surface area contributed by atoms with Gasteiger partial charge in [-0.2, -0.15) is 13.2 Å². The van der Waals surface area contributed by atoms with Crippen LogP contribution in [0.25, 0.3) is 0 Å². The minimum Gasteiger partial charge on any atom is -0.340 e. The molecule has 2 N–H and O–H groups in total. The van der Waals surface area contributed by atoms with Crippen molar-refractivity contribution in [2.24, 2.45) is 4.99 Å². The molecule has 1 aromatic rings. The number of nitrogens with zero attached hydrogens (tertiary/aromatic N) is 1. The van der Waals surface area contributed by atoms with E-state index in [1.54, 1.807) is 0 Å². The lowest BCUT2D eigenvalue weighted by Gasteiger charge is -2.10. The van der Waals surface area contributed by atoms with E-state index in [0.29, 0.717) is 18.1 Å². The number of hydrogen-bond acceptors (Lipinski definition) is 2. The fourth-order valence-corrected chi connectivity index (χ4v) is 1.84. The maximum Gasteiger partial charge on any atom is 0.416 e. The van der Waals surface area contributed by atoms with Crippen molar-refractivity contribution in [2.45, 2.75) is 25.6 Å². The second kappa shape index (κ2) is 5.52. The Labute approximate surface area is 114 Å². The van der Waals surface area contributed by atoms with Gasteiger partial charge in [0.25, 0.3) is 5.91 Å². The zero-order valence-electron chi connectivity index (χ0n) is 10.8. The molecular weight excluding hydrogens is 271 g/mol. The summed E-state index contributed by atoms with van der Waals surface area (Å²) in [6, 6.07) is 3.82. The summed E-state index contributed by atoms with van der Waals surface area (Å²) in [6.45, 7) is 2.52. The van der Waals surface area contributed by atoms with E-state index in [9.17, 15) is 18.0 Å². The number of hydrogen-bond donors (Lipinski definition) is 2. The average Bonchev–Trinajstić information content (AvgIpc) is 2.77. The SMILES string of the molecule is CCCN=C1NC(=O)C(c2ccc(C(F)(F)F)cc2)N1. The molecule has 1 atom stereocenters. The van der Waals surface area contributed by atoms with E-state index in [1.807, 2.05) is 6.92 Å². The molecule has 20 heavy (non-hydrogen) atoms. The second-order valence-electron chi connectivity index (χ2n) is 4.42. The van der Waals surface area contributed by atoms with Crippen molar-refractivity contribution in [2.75, 3.05) is 6.54 Å². The Morgan fingerprint density at radius 1 is 1.25 bits per heavy atom. The summed E-state index contributed by atoms with van der Waals surface area (Å²) in [5, 5.41) is 5.42. The van der Waals surface area contributed by atoms with Crippen LogP contribution in [0.2, 0.25) is 0 Å². The van der Waals surface area contributed by atoms with E-state index in [1.165, 1.54) is 12.1 Å². The average molecular weight is 285 g/mol. The summed E-state index contributed by atoms with van der Waals surface area (Å²) in [4.78, 5) is 15.9. The van der Waals surface area contributed by atoms with Crippen LogP contribution in [0.3, 0.4) is 0 Å². The highest BCUT2D eigenvalue weighted by molar-refractivity contribution is 6.06. The molecule has 0 bridgehead atoms. The van der Waals surface area contributed by atoms with Gasteiger partial charge in [0.05, 0.1) is 5.56 Å². The molecular formula is C13H14F3N3O. The predicted molar refractivity (Wildman–Crippen MR) is 68.1 cm³/mol. The Morgan fingerprint density at radius 2 is 1.90 bits per heavy atom. The zero-order valence-corrected chi connectivity index (χ0v) is 10.8. The lowest BCUT2D eigenvalue weighted by molar-refractivity contribution is -0.137. The van der Waals surface area contributed by atoms with Gasteiger partial charge in [-0.25, -0.2) is 0 Å². The predicted octanol–water partition coefficient (Wildman–Crippen LogP) is 2.23. The van der Waals surface area contributed by atoms with Gasteiger partial charge in [-0.3, -0.25) is 15.1 Å². The highest BCUT2D eigenvalue weighted by Gasteiger charge is 2.32. The first kappa shape index (κ1) is 14.4. The van der Waals surface area contributed by atoms with Crippen molar-refractivity contribution in [1.29, 1.82) is 0 Å². The molecule has 1 aliphatic heterocycles. The normalized spacial score (nSPS) is 20.9. The van der Waals surface area contributed by atoms with Crippen LogP contribution in [0.1, 0.15) is 30.5 Å². The first-order valence-electron chi connectivity index (χ1n) is 6.21. The number of benzene rings is 1.